The van der Waals surface area contributed by atoms with Crippen LogP contribution in [0.2, 0.25) is 0 Å². The number of hydrogen-bond donors (Lipinski definition) is 0. The third-order valence-electron chi connectivity index (χ3n) is 5.14. The van der Waals surface area contributed by atoms with E-state index in [1.165, 1.54) is 0 Å². The largest absolute Gasteiger partial charge is 0.455 e. The fourth-order valence-corrected chi connectivity index (χ4v) is 2.89. The highest BCUT2D eigenvalue weighted by atomic mass is 16.6. The smallest absolute Gasteiger partial charge is 0.310 e. The monoisotopic (exact) mass is 382 g/mol. The number of carbonyl (C=O) groups excluding carboxylic acids is 2. The summed E-state index contributed by atoms with van der Waals surface area (Å²) in [6.45, 7) is 10.8. The lowest BCUT2D eigenvalue weighted by Crippen LogP contribution is -2.36. The van der Waals surface area contributed by atoms with E-state index in [-0.39, 0.29) is 0 Å². The van der Waals surface area contributed by atoms with E-state index in [2.05, 4.69) is 0 Å². The van der Waals surface area contributed by atoms with Crippen LogP contribution in [-0.4, -0.2) is 11.9 Å². The van der Waals surface area contributed by atoms with Gasteiger partial charge in [-0.25, -0.2) is 0 Å². The fourth-order valence-electron chi connectivity index (χ4n) is 2.89. The van der Waals surface area contributed by atoms with Gasteiger partial charge in [-0.1, -0.05) is 74.5 Å². The standard InChI is InChI=1S/C24H30O4/c1-17(21(25)27-23(3,4)19-13-9-7-10-14-19)18(2)22(26)28-24(5,6)20-15-11-8-12-16-20/h7-18H,1-6H3. The van der Waals surface area contributed by atoms with Gasteiger partial charge in [-0.05, 0) is 38.8 Å². The number of carbonyl (C=O) groups is 2. The topological polar surface area (TPSA) is 52.6 Å². The molecule has 0 fully saturated rings. The first kappa shape index (κ1) is 21.7. The van der Waals surface area contributed by atoms with Crippen LogP contribution in [0.3, 0.4) is 0 Å². The summed E-state index contributed by atoms with van der Waals surface area (Å²) in [5, 5.41) is 0. The lowest BCUT2D eigenvalue weighted by Gasteiger charge is -2.30. The second-order valence-electron chi connectivity index (χ2n) is 8.17. The Bertz CT molecular complexity index is 724. The van der Waals surface area contributed by atoms with Gasteiger partial charge < -0.3 is 9.47 Å². The minimum absolute atomic E-state index is 0.421. The van der Waals surface area contributed by atoms with Gasteiger partial charge >= 0.3 is 11.9 Å². The maximum Gasteiger partial charge on any atom is 0.310 e. The van der Waals surface area contributed by atoms with Gasteiger partial charge in [0.1, 0.15) is 11.2 Å². The minimum Gasteiger partial charge on any atom is -0.455 e. The van der Waals surface area contributed by atoms with E-state index in [1.54, 1.807) is 13.8 Å². The molecule has 2 atom stereocenters. The molecule has 4 nitrogen and oxygen atoms in total. The highest BCUT2D eigenvalue weighted by Crippen LogP contribution is 2.30. The van der Waals surface area contributed by atoms with Crippen LogP contribution in [0.15, 0.2) is 60.7 Å². The van der Waals surface area contributed by atoms with Crippen molar-refractivity contribution in [2.75, 3.05) is 0 Å². The Hall–Kier alpha value is -2.62. The molecule has 2 unspecified atom stereocenters. The van der Waals surface area contributed by atoms with Crippen LogP contribution in [0.4, 0.5) is 0 Å². The van der Waals surface area contributed by atoms with Crippen molar-refractivity contribution in [1.82, 2.24) is 0 Å². The van der Waals surface area contributed by atoms with Crippen molar-refractivity contribution in [2.24, 2.45) is 11.8 Å². The first-order valence-electron chi connectivity index (χ1n) is 9.61. The van der Waals surface area contributed by atoms with E-state index in [0.717, 1.165) is 11.1 Å². The van der Waals surface area contributed by atoms with Crippen molar-refractivity contribution in [3.05, 3.63) is 71.8 Å². The molecule has 2 aromatic carbocycles. The number of hydrogen-bond acceptors (Lipinski definition) is 4. The zero-order valence-corrected chi connectivity index (χ0v) is 17.6. The van der Waals surface area contributed by atoms with Crippen molar-refractivity contribution in [3.63, 3.8) is 0 Å². The van der Waals surface area contributed by atoms with E-state index < -0.39 is 35.0 Å². The molecule has 0 radical (unpaired) electrons. The van der Waals surface area contributed by atoms with E-state index in [0.29, 0.717) is 0 Å². The van der Waals surface area contributed by atoms with Gasteiger partial charge in [0.2, 0.25) is 0 Å². The summed E-state index contributed by atoms with van der Waals surface area (Å²) >= 11 is 0. The van der Waals surface area contributed by atoms with Crippen molar-refractivity contribution >= 4 is 11.9 Å². The number of benzene rings is 2. The first-order valence-corrected chi connectivity index (χ1v) is 9.61. The van der Waals surface area contributed by atoms with Crippen LogP contribution in [0.5, 0.6) is 0 Å². The van der Waals surface area contributed by atoms with Crippen molar-refractivity contribution in [2.45, 2.75) is 52.7 Å². The van der Waals surface area contributed by atoms with Gasteiger partial charge in [0.15, 0.2) is 0 Å². The Morgan fingerprint density at radius 3 is 1.21 bits per heavy atom. The maximum atomic E-state index is 12.7. The van der Waals surface area contributed by atoms with Crippen LogP contribution >= 0.6 is 0 Å². The summed E-state index contributed by atoms with van der Waals surface area (Å²) in [5.41, 5.74) is 0.242. The molecule has 0 aliphatic rings. The van der Waals surface area contributed by atoms with E-state index >= 15 is 0 Å². The quantitative estimate of drug-likeness (QED) is 0.617. The molecule has 28 heavy (non-hydrogen) atoms. The number of esters is 2. The highest BCUT2D eigenvalue weighted by molar-refractivity contribution is 5.82. The average Bonchev–Trinajstić information content (AvgIpc) is 2.67. The number of ether oxygens (including phenoxy) is 2. The Kier molecular flexibility index (Phi) is 6.65. The summed E-state index contributed by atoms with van der Waals surface area (Å²) in [7, 11) is 0. The minimum atomic E-state index is -0.778. The molecule has 2 aromatic rings. The SMILES string of the molecule is CC(C(=O)OC(C)(C)c1ccccc1)C(C)C(=O)OC(C)(C)c1ccccc1. The van der Waals surface area contributed by atoms with Crippen molar-refractivity contribution < 1.29 is 19.1 Å². The fraction of sp³-hybridized carbons (Fsp3) is 0.417. The third kappa shape index (κ3) is 5.22. The van der Waals surface area contributed by atoms with Crippen LogP contribution < -0.4 is 0 Å². The second-order valence-corrected chi connectivity index (χ2v) is 8.17. The highest BCUT2D eigenvalue weighted by Gasteiger charge is 2.36. The molecule has 0 saturated heterocycles. The molecule has 0 aliphatic carbocycles. The molecule has 0 heterocycles. The summed E-state index contributed by atoms with van der Waals surface area (Å²) in [6.07, 6.45) is 0. The van der Waals surface area contributed by atoms with Gasteiger partial charge in [0.05, 0.1) is 11.8 Å². The lowest BCUT2D eigenvalue weighted by atomic mass is 9.93. The molecule has 0 aliphatic heterocycles. The first-order chi connectivity index (χ1) is 13.0. The van der Waals surface area contributed by atoms with Gasteiger partial charge in [0.25, 0.3) is 0 Å². The van der Waals surface area contributed by atoms with Crippen LogP contribution in [0.25, 0.3) is 0 Å². The molecule has 2 rings (SSSR count). The predicted octanol–water partition coefficient (Wildman–Crippen LogP) is 5.22. The molecule has 0 spiro atoms. The Balaban J connectivity index is 2.03. The molecule has 0 N–H and O–H groups in total. The molecule has 0 saturated carbocycles. The van der Waals surface area contributed by atoms with E-state index in [9.17, 15) is 9.59 Å². The Morgan fingerprint density at radius 1 is 0.643 bits per heavy atom. The summed E-state index contributed by atoms with van der Waals surface area (Å²) in [6, 6.07) is 19.1. The Morgan fingerprint density at radius 2 is 0.929 bits per heavy atom. The lowest BCUT2D eigenvalue weighted by molar-refractivity contribution is -0.174. The average molecular weight is 383 g/mol. The summed E-state index contributed by atoms with van der Waals surface area (Å²) in [4.78, 5) is 25.4. The van der Waals surface area contributed by atoms with Gasteiger partial charge in [-0.15, -0.1) is 0 Å². The van der Waals surface area contributed by atoms with Crippen molar-refractivity contribution in [3.8, 4) is 0 Å². The van der Waals surface area contributed by atoms with E-state index in [1.807, 2.05) is 88.4 Å². The molecule has 0 aromatic heterocycles. The predicted molar refractivity (Wildman–Crippen MR) is 109 cm³/mol. The molecule has 0 bridgehead atoms. The molecule has 0 amide bonds. The Labute approximate surface area is 167 Å². The maximum absolute atomic E-state index is 12.7. The van der Waals surface area contributed by atoms with Gasteiger partial charge in [0, 0.05) is 0 Å². The summed E-state index contributed by atoms with van der Waals surface area (Å²) in [5.74, 6) is -2.09. The van der Waals surface area contributed by atoms with Gasteiger partial charge in [-0.2, -0.15) is 0 Å². The third-order valence-corrected chi connectivity index (χ3v) is 5.14. The molecule has 150 valence electrons. The van der Waals surface area contributed by atoms with Crippen LogP contribution in [0, 0.1) is 11.8 Å². The van der Waals surface area contributed by atoms with Crippen LogP contribution in [-0.2, 0) is 30.3 Å². The van der Waals surface area contributed by atoms with E-state index in [4.69, 9.17) is 9.47 Å². The van der Waals surface area contributed by atoms with Crippen molar-refractivity contribution in [1.29, 1.82) is 0 Å². The van der Waals surface area contributed by atoms with Crippen LogP contribution in [0.1, 0.15) is 52.7 Å². The zero-order chi connectivity index (χ0) is 20.9. The second kappa shape index (κ2) is 8.59. The van der Waals surface area contributed by atoms with Gasteiger partial charge in [-0.3, -0.25) is 9.59 Å². The molecular weight excluding hydrogens is 352 g/mol. The normalized spacial score (nSPS) is 14.1. The summed E-state index contributed by atoms with van der Waals surface area (Å²) < 4.78 is 11.5. The number of rotatable bonds is 7. The molecular formula is C24H30O4. The zero-order valence-electron chi connectivity index (χ0n) is 17.6. The molecule has 4 heteroatoms.